The second-order valence-corrected chi connectivity index (χ2v) is 3.92. The predicted octanol–water partition coefficient (Wildman–Crippen LogP) is 1.69. The summed E-state index contributed by atoms with van der Waals surface area (Å²) in [6.45, 7) is 2.00. The van der Waals surface area contributed by atoms with Crippen molar-refractivity contribution in [2.24, 2.45) is 0 Å². The number of carboxylic acids is 1. The van der Waals surface area contributed by atoms with Crippen LogP contribution in [0.5, 0.6) is 5.75 Å². The molecule has 6 nitrogen and oxygen atoms in total. The number of rotatable bonds is 7. The highest BCUT2D eigenvalue weighted by Gasteiger charge is 2.13. The van der Waals surface area contributed by atoms with Gasteiger partial charge < -0.3 is 20.3 Å². The van der Waals surface area contributed by atoms with E-state index in [2.05, 4.69) is 0 Å². The van der Waals surface area contributed by atoms with Crippen LogP contribution in [0.25, 0.3) is 0 Å². The minimum absolute atomic E-state index is 0.0821. The zero-order valence-electron chi connectivity index (χ0n) is 10.7. The van der Waals surface area contributed by atoms with Gasteiger partial charge in [0.1, 0.15) is 11.3 Å². The van der Waals surface area contributed by atoms with Crippen molar-refractivity contribution in [1.29, 1.82) is 0 Å². The van der Waals surface area contributed by atoms with Gasteiger partial charge in [0.15, 0.2) is 6.61 Å². The van der Waals surface area contributed by atoms with Gasteiger partial charge in [-0.05, 0) is 24.6 Å². The van der Waals surface area contributed by atoms with Crippen molar-refractivity contribution in [2.75, 3.05) is 18.9 Å². The lowest BCUT2D eigenvalue weighted by molar-refractivity contribution is -0.146. The Morgan fingerprint density at radius 1 is 1.37 bits per heavy atom. The minimum atomic E-state index is -1.17. The molecule has 0 saturated carbocycles. The second kappa shape index (κ2) is 7.25. The predicted molar refractivity (Wildman–Crippen MR) is 69.2 cm³/mol. The molecular formula is C13H17NO5. The zero-order chi connectivity index (χ0) is 14.3. The molecule has 0 atom stereocenters. The van der Waals surface area contributed by atoms with E-state index >= 15 is 0 Å². The average Bonchev–Trinajstić information content (AvgIpc) is 2.37. The number of hydrogen-bond donors (Lipinski definition) is 2. The molecule has 0 saturated heterocycles. The zero-order valence-corrected chi connectivity index (χ0v) is 10.7. The van der Waals surface area contributed by atoms with E-state index in [9.17, 15) is 9.59 Å². The fraction of sp³-hybridized carbons (Fsp3) is 0.385. The second-order valence-electron chi connectivity index (χ2n) is 3.92. The number of carbonyl (C=O) groups is 2. The molecule has 0 fully saturated rings. The van der Waals surface area contributed by atoms with Gasteiger partial charge in [-0.1, -0.05) is 13.3 Å². The maximum atomic E-state index is 11.3. The Morgan fingerprint density at radius 3 is 2.74 bits per heavy atom. The van der Waals surface area contributed by atoms with Gasteiger partial charge in [-0.3, -0.25) is 0 Å². The number of ether oxygens (including phenoxy) is 2. The van der Waals surface area contributed by atoms with Gasteiger partial charge in [-0.15, -0.1) is 0 Å². The summed E-state index contributed by atoms with van der Waals surface area (Å²) >= 11 is 0. The average molecular weight is 267 g/mol. The summed E-state index contributed by atoms with van der Waals surface area (Å²) in [4.78, 5) is 22.3. The molecule has 1 aromatic rings. The van der Waals surface area contributed by atoms with E-state index in [1.54, 1.807) is 0 Å². The molecular weight excluding hydrogens is 250 g/mol. The third kappa shape index (κ3) is 4.87. The Kier molecular flexibility index (Phi) is 5.66. The summed E-state index contributed by atoms with van der Waals surface area (Å²) in [7, 11) is 0. The van der Waals surface area contributed by atoms with Crippen LogP contribution in [0.1, 0.15) is 30.1 Å². The number of nitrogens with two attached hydrogens (primary N) is 1. The van der Waals surface area contributed by atoms with Crippen molar-refractivity contribution in [2.45, 2.75) is 19.8 Å². The number of esters is 1. The van der Waals surface area contributed by atoms with Crippen LogP contribution in [0.15, 0.2) is 18.2 Å². The summed E-state index contributed by atoms with van der Waals surface area (Å²) in [5, 5.41) is 8.98. The van der Waals surface area contributed by atoms with Gasteiger partial charge in [-0.25, -0.2) is 9.59 Å². The van der Waals surface area contributed by atoms with Crippen molar-refractivity contribution < 1.29 is 24.2 Å². The van der Waals surface area contributed by atoms with Crippen LogP contribution in [-0.4, -0.2) is 30.3 Å². The highest BCUT2D eigenvalue weighted by atomic mass is 16.6. The molecule has 0 amide bonds. The maximum absolute atomic E-state index is 11.3. The van der Waals surface area contributed by atoms with E-state index in [-0.39, 0.29) is 17.9 Å². The van der Waals surface area contributed by atoms with Crippen LogP contribution in [0.4, 0.5) is 5.69 Å². The lowest BCUT2D eigenvalue weighted by Crippen LogP contribution is -2.16. The molecule has 0 heterocycles. The molecule has 1 aromatic carbocycles. The topological polar surface area (TPSA) is 98.9 Å². The van der Waals surface area contributed by atoms with Gasteiger partial charge >= 0.3 is 11.9 Å². The summed E-state index contributed by atoms with van der Waals surface area (Å²) in [5.41, 5.74) is 5.72. The van der Waals surface area contributed by atoms with Gasteiger partial charge in [0, 0.05) is 5.69 Å². The number of nitrogen functional groups attached to an aromatic ring is 1. The summed E-state index contributed by atoms with van der Waals surface area (Å²) in [5.74, 6) is -1.60. The van der Waals surface area contributed by atoms with Crippen molar-refractivity contribution in [1.82, 2.24) is 0 Å². The normalized spacial score (nSPS) is 9.95. The molecule has 0 unspecified atom stereocenters. The first-order chi connectivity index (χ1) is 9.04. The number of carboxylic acid groups (broad SMARTS) is 1. The number of benzene rings is 1. The molecule has 0 aliphatic rings. The first-order valence-electron chi connectivity index (χ1n) is 5.95. The molecule has 0 aromatic heterocycles. The van der Waals surface area contributed by atoms with Crippen LogP contribution in [0.3, 0.4) is 0 Å². The summed E-state index contributed by atoms with van der Waals surface area (Å²) < 4.78 is 10.0. The van der Waals surface area contributed by atoms with E-state index in [4.69, 9.17) is 20.3 Å². The number of carbonyl (C=O) groups excluding carboxylic acids is 1. The first-order valence-corrected chi connectivity index (χ1v) is 5.95. The molecule has 0 aliphatic carbocycles. The van der Waals surface area contributed by atoms with Crippen molar-refractivity contribution in [3.05, 3.63) is 23.8 Å². The molecule has 0 bridgehead atoms. The minimum Gasteiger partial charge on any atom is -0.481 e. The van der Waals surface area contributed by atoms with E-state index < -0.39 is 11.9 Å². The fourth-order valence-corrected chi connectivity index (χ4v) is 1.35. The number of hydrogen-bond acceptors (Lipinski definition) is 5. The van der Waals surface area contributed by atoms with Crippen LogP contribution >= 0.6 is 0 Å². The van der Waals surface area contributed by atoms with Crippen molar-refractivity contribution in [3.63, 3.8) is 0 Å². The van der Waals surface area contributed by atoms with Crippen LogP contribution in [0.2, 0.25) is 0 Å². The lowest BCUT2D eigenvalue weighted by atomic mass is 10.2. The van der Waals surface area contributed by atoms with E-state index in [1.807, 2.05) is 6.92 Å². The van der Waals surface area contributed by atoms with Gasteiger partial charge in [0.2, 0.25) is 0 Å². The molecule has 6 heteroatoms. The Hall–Kier alpha value is -2.24. The SMILES string of the molecule is CCCCOC(=O)COc1ccc(N)cc1C(=O)O. The van der Waals surface area contributed by atoms with Crippen LogP contribution in [0, 0.1) is 0 Å². The first kappa shape index (κ1) is 14.8. The van der Waals surface area contributed by atoms with Crippen LogP contribution < -0.4 is 10.5 Å². The van der Waals surface area contributed by atoms with E-state index in [1.165, 1.54) is 18.2 Å². The molecule has 3 N–H and O–H groups in total. The molecule has 19 heavy (non-hydrogen) atoms. The Morgan fingerprint density at radius 2 is 2.11 bits per heavy atom. The number of aromatic carboxylic acids is 1. The number of anilines is 1. The van der Waals surface area contributed by atoms with Crippen molar-refractivity contribution in [3.8, 4) is 5.75 Å². The van der Waals surface area contributed by atoms with E-state index in [0.717, 1.165) is 12.8 Å². The van der Waals surface area contributed by atoms with Gasteiger partial charge in [0.05, 0.1) is 6.61 Å². The van der Waals surface area contributed by atoms with Crippen LogP contribution in [-0.2, 0) is 9.53 Å². The lowest BCUT2D eigenvalue weighted by Gasteiger charge is -2.09. The maximum Gasteiger partial charge on any atom is 0.344 e. The third-order valence-electron chi connectivity index (χ3n) is 2.34. The highest BCUT2D eigenvalue weighted by Crippen LogP contribution is 2.21. The fourth-order valence-electron chi connectivity index (χ4n) is 1.35. The quantitative estimate of drug-likeness (QED) is 0.443. The van der Waals surface area contributed by atoms with E-state index in [0.29, 0.717) is 12.3 Å². The monoisotopic (exact) mass is 267 g/mol. The molecule has 1 rings (SSSR count). The molecule has 104 valence electrons. The molecule has 0 spiro atoms. The Balaban J connectivity index is 2.57. The molecule has 0 radical (unpaired) electrons. The molecule has 0 aliphatic heterocycles. The number of unbranched alkanes of at least 4 members (excludes halogenated alkanes) is 1. The standard InChI is InChI=1S/C13H17NO5/c1-2-3-6-18-12(15)8-19-11-5-4-9(14)7-10(11)13(16)17/h4-5,7H,2-3,6,8,14H2,1H3,(H,16,17). The highest BCUT2D eigenvalue weighted by molar-refractivity contribution is 5.92. The Labute approximate surface area is 111 Å². The van der Waals surface area contributed by atoms with Gasteiger partial charge in [0.25, 0.3) is 0 Å². The summed E-state index contributed by atoms with van der Waals surface area (Å²) in [6, 6.07) is 4.20. The Bertz CT molecular complexity index is 458. The largest absolute Gasteiger partial charge is 0.481 e. The van der Waals surface area contributed by atoms with Crippen molar-refractivity contribution >= 4 is 17.6 Å². The van der Waals surface area contributed by atoms with Gasteiger partial charge in [-0.2, -0.15) is 0 Å². The third-order valence-corrected chi connectivity index (χ3v) is 2.34. The smallest absolute Gasteiger partial charge is 0.344 e. The summed E-state index contributed by atoms with van der Waals surface area (Å²) in [6.07, 6.45) is 1.71.